The molecule has 0 spiro atoms. The van der Waals surface area contributed by atoms with Gasteiger partial charge in [0.25, 0.3) is 0 Å². The Bertz CT molecular complexity index is 883. The van der Waals surface area contributed by atoms with Crippen molar-refractivity contribution in [2.24, 2.45) is 5.16 Å². The fourth-order valence-corrected chi connectivity index (χ4v) is 4.48. The summed E-state index contributed by atoms with van der Waals surface area (Å²) >= 11 is 1.86. The van der Waals surface area contributed by atoms with E-state index in [-0.39, 0.29) is 11.0 Å². The molecule has 1 aliphatic heterocycles. The highest BCUT2D eigenvalue weighted by molar-refractivity contribution is 7.99. The van der Waals surface area contributed by atoms with Crippen LogP contribution >= 0.6 is 11.8 Å². The van der Waals surface area contributed by atoms with Gasteiger partial charge in [0, 0.05) is 10.5 Å². The third kappa shape index (κ3) is 3.83. The molecular formula is C21H21NO3S. The molecule has 0 bridgehead atoms. The monoisotopic (exact) mass is 367 g/mol. The van der Waals surface area contributed by atoms with Crippen LogP contribution in [0.25, 0.3) is 6.08 Å². The van der Waals surface area contributed by atoms with Crippen LogP contribution < -0.4 is 0 Å². The summed E-state index contributed by atoms with van der Waals surface area (Å²) in [5, 5.41) is 21.9. The van der Waals surface area contributed by atoms with Crippen LogP contribution in [0.3, 0.4) is 0 Å². The van der Waals surface area contributed by atoms with E-state index in [4.69, 9.17) is 5.11 Å². The predicted octanol–water partition coefficient (Wildman–Crippen LogP) is 5.05. The molecule has 0 saturated carbocycles. The maximum atomic E-state index is 10.9. The fraction of sp³-hybridized carbons (Fsp3) is 0.238. The van der Waals surface area contributed by atoms with Crippen molar-refractivity contribution in [3.8, 4) is 0 Å². The number of hydrogen-bond donors (Lipinski definition) is 2. The standard InChI is InChI=1S/C21H21NO3S/c1-21(2)11-12-26-19-10-8-16(13-17(19)21)18(22-25)9-5-14-3-6-15(7-4-14)20(23)24/h3-10,13,25H,11-12H2,1-2H3,(H,23,24). The van der Waals surface area contributed by atoms with E-state index in [9.17, 15) is 10.0 Å². The molecule has 2 N–H and O–H groups in total. The molecule has 0 amide bonds. The molecule has 4 nitrogen and oxygen atoms in total. The Morgan fingerprint density at radius 3 is 2.50 bits per heavy atom. The average Bonchev–Trinajstić information content (AvgIpc) is 2.63. The third-order valence-corrected chi connectivity index (χ3v) is 5.76. The zero-order valence-corrected chi connectivity index (χ0v) is 15.6. The van der Waals surface area contributed by atoms with Crippen molar-refractivity contribution in [1.29, 1.82) is 0 Å². The lowest BCUT2D eigenvalue weighted by atomic mass is 9.81. The molecule has 2 aromatic carbocycles. The van der Waals surface area contributed by atoms with E-state index in [0.29, 0.717) is 5.71 Å². The predicted molar refractivity (Wildman–Crippen MR) is 106 cm³/mol. The van der Waals surface area contributed by atoms with Crippen molar-refractivity contribution in [3.05, 3.63) is 70.8 Å². The number of oxime groups is 1. The number of rotatable bonds is 4. The Morgan fingerprint density at radius 1 is 1.15 bits per heavy atom. The van der Waals surface area contributed by atoms with E-state index in [2.05, 4.69) is 31.1 Å². The van der Waals surface area contributed by atoms with Gasteiger partial charge in [-0.1, -0.05) is 43.3 Å². The van der Waals surface area contributed by atoms with Crippen LogP contribution in [0.2, 0.25) is 0 Å². The molecule has 134 valence electrons. The van der Waals surface area contributed by atoms with E-state index in [1.54, 1.807) is 36.4 Å². The Labute approximate surface area is 157 Å². The number of hydrogen-bond acceptors (Lipinski definition) is 4. The molecule has 1 heterocycles. The number of thioether (sulfide) groups is 1. The highest BCUT2D eigenvalue weighted by atomic mass is 32.2. The van der Waals surface area contributed by atoms with E-state index >= 15 is 0 Å². The first-order chi connectivity index (χ1) is 12.4. The molecule has 26 heavy (non-hydrogen) atoms. The zero-order chi connectivity index (χ0) is 18.7. The second kappa shape index (κ2) is 7.38. The average molecular weight is 367 g/mol. The van der Waals surface area contributed by atoms with E-state index < -0.39 is 5.97 Å². The molecule has 0 unspecified atom stereocenters. The Morgan fingerprint density at radius 2 is 1.85 bits per heavy atom. The Hall–Kier alpha value is -2.53. The second-order valence-electron chi connectivity index (χ2n) is 6.94. The highest BCUT2D eigenvalue weighted by Crippen LogP contribution is 2.41. The summed E-state index contributed by atoms with van der Waals surface area (Å²) < 4.78 is 0. The minimum absolute atomic E-state index is 0.105. The first-order valence-corrected chi connectivity index (χ1v) is 9.40. The number of carboxylic acid groups (broad SMARTS) is 1. The lowest BCUT2D eigenvalue weighted by molar-refractivity contribution is 0.0697. The summed E-state index contributed by atoms with van der Waals surface area (Å²) in [6.07, 6.45) is 4.66. The number of carbonyl (C=O) groups is 1. The molecule has 3 rings (SSSR count). The largest absolute Gasteiger partial charge is 0.478 e. The van der Waals surface area contributed by atoms with E-state index in [0.717, 1.165) is 23.3 Å². The summed E-state index contributed by atoms with van der Waals surface area (Å²) in [6.45, 7) is 4.48. The lowest BCUT2D eigenvalue weighted by Crippen LogP contribution is -2.23. The highest BCUT2D eigenvalue weighted by Gasteiger charge is 2.28. The molecule has 0 atom stereocenters. The van der Waals surface area contributed by atoms with Crippen molar-refractivity contribution in [2.75, 3.05) is 5.75 Å². The summed E-state index contributed by atoms with van der Waals surface area (Å²) in [5.74, 6) is 0.166. The van der Waals surface area contributed by atoms with Crippen molar-refractivity contribution in [2.45, 2.75) is 30.6 Å². The van der Waals surface area contributed by atoms with Crippen LogP contribution in [-0.4, -0.2) is 27.7 Å². The van der Waals surface area contributed by atoms with Crippen LogP contribution in [-0.2, 0) is 5.41 Å². The molecule has 0 fully saturated rings. The number of nitrogens with zero attached hydrogens (tertiary/aromatic N) is 1. The van der Waals surface area contributed by atoms with Gasteiger partial charge in [-0.2, -0.15) is 0 Å². The van der Waals surface area contributed by atoms with Gasteiger partial charge in [-0.3, -0.25) is 0 Å². The van der Waals surface area contributed by atoms with Gasteiger partial charge >= 0.3 is 5.97 Å². The minimum Gasteiger partial charge on any atom is -0.478 e. The van der Waals surface area contributed by atoms with Crippen LogP contribution in [0.1, 0.15) is 47.3 Å². The number of allylic oxidation sites excluding steroid dienone is 1. The zero-order valence-electron chi connectivity index (χ0n) is 14.8. The van der Waals surface area contributed by atoms with Crippen LogP contribution in [0.5, 0.6) is 0 Å². The van der Waals surface area contributed by atoms with Crippen molar-refractivity contribution in [3.63, 3.8) is 0 Å². The molecule has 0 aliphatic carbocycles. The van der Waals surface area contributed by atoms with Crippen LogP contribution in [0.4, 0.5) is 0 Å². The van der Waals surface area contributed by atoms with E-state index in [1.165, 1.54) is 10.5 Å². The molecule has 0 aromatic heterocycles. The van der Waals surface area contributed by atoms with Gasteiger partial charge in [-0.05, 0) is 59.1 Å². The van der Waals surface area contributed by atoms with Gasteiger partial charge < -0.3 is 10.3 Å². The molecule has 0 radical (unpaired) electrons. The summed E-state index contributed by atoms with van der Waals surface area (Å²) in [5.41, 5.74) is 3.80. The number of benzene rings is 2. The quantitative estimate of drug-likeness (QED) is 0.451. The van der Waals surface area contributed by atoms with Gasteiger partial charge in [-0.15, -0.1) is 11.8 Å². The summed E-state index contributed by atoms with van der Waals surface area (Å²) in [7, 11) is 0. The van der Waals surface area contributed by atoms with Crippen molar-refractivity contribution in [1.82, 2.24) is 0 Å². The maximum absolute atomic E-state index is 10.9. The van der Waals surface area contributed by atoms with Crippen LogP contribution in [0, 0.1) is 0 Å². The molecule has 2 aromatic rings. The topological polar surface area (TPSA) is 69.9 Å². The van der Waals surface area contributed by atoms with E-state index in [1.807, 2.05) is 17.8 Å². The lowest BCUT2D eigenvalue weighted by Gasteiger charge is -2.32. The normalized spacial score (nSPS) is 16.5. The Balaban J connectivity index is 1.87. The molecule has 1 aliphatic rings. The van der Waals surface area contributed by atoms with Crippen molar-refractivity contribution >= 4 is 29.5 Å². The first kappa shape index (κ1) is 18.3. The van der Waals surface area contributed by atoms with Crippen molar-refractivity contribution < 1.29 is 15.1 Å². The Kier molecular flexibility index (Phi) is 5.18. The number of aromatic carboxylic acids is 1. The van der Waals surface area contributed by atoms with Gasteiger partial charge in [0.1, 0.15) is 5.71 Å². The van der Waals surface area contributed by atoms with Gasteiger partial charge in [0.2, 0.25) is 0 Å². The van der Waals surface area contributed by atoms with Gasteiger partial charge in [0.15, 0.2) is 0 Å². The van der Waals surface area contributed by atoms with Crippen LogP contribution in [0.15, 0.2) is 58.6 Å². The maximum Gasteiger partial charge on any atom is 0.335 e. The first-order valence-electron chi connectivity index (χ1n) is 8.42. The second-order valence-corrected chi connectivity index (χ2v) is 8.08. The minimum atomic E-state index is -0.951. The molecule has 5 heteroatoms. The smallest absolute Gasteiger partial charge is 0.335 e. The SMILES string of the molecule is CC1(C)CCSc2ccc(C(C=Cc3ccc(C(=O)O)cc3)=NO)cc21. The van der Waals surface area contributed by atoms with Gasteiger partial charge in [0.05, 0.1) is 5.56 Å². The molecule has 0 saturated heterocycles. The fourth-order valence-electron chi connectivity index (χ4n) is 2.99. The number of carboxylic acids is 1. The third-order valence-electron chi connectivity index (χ3n) is 4.69. The number of fused-ring (bicyclic) bond motifs is 1. The summed E-state index contributed by atoms with van der Waals surface area (Å²) in [4.78, 5) is 12.2. The van der Waals surface area contributed by atoms with Gasteiger partial charge in [-0.25, -0.2) is 4.79 Å². The molecular weight excluding hydrogens is 346 g/mol. The summed E-state index contributed by atoms with van der Waals surface area (Å²) in [6, 6.07) is 12.7.